The first-order valence-corrected chi connectivity index (χ1v) is 4.67. The lowest BCUT2D eigenvalue weighted by atomic mass is 10.3. The topological polar surface area (TPSA) is 48.4 Å². The van der Waals surface area contributed by atoms with Crippen molar-refractivity contribution in [2.75, 3.05) is 13.7 Å². The highest BCUT2D eigenvalue weighted by Crippen LogP contribution is 2.19. The van der Waals surface area contributed by atoms with Crippen LogP contribution in [0.4, 0.5) is 13.2 Å². The number of nitrogens with zero attached hydrogens (tertiary/aromatic N) is 1. The van der Waals surface area contributed by atoms with Gasteiger partial charge in [0.05, 0.1) is 20.1 Å². The smallest absolute Gasteiger partial charge is 0.392 e. The molecule has 1 aromatic rings. The Bertz CT molecular complexity index is 393. The van der Waals surface area contributed by atoms with Crippen LogP contribution in [0.25, 0.3) is 0 Å². The number of hydrogen-bond donors (Lipinski definition) is 0. The normalized spacial score (nSPS) is 11.1. The molecular formula is C10H10F3NO3. The molecular weight excluding hydrogens is 239 g/mol. The number of carbonyl (C=O) groups is 1. The van der Waals surface area contributed by atoms with Crippen molar-refractivity contribution in [2.45, 2.75) is 12.6 Å². The van der Waals surface area contributed by atoms with E-state index in [4.69, 9.17) is 4.74 Å². The minimum Gasteiger partial charge on any atom is -0.477 e. The van der Waals surface area contributed by atoms with Gasteiger partial charge in [0.2, 0.25) is 5.88 Å². The second kappa shape index (κ2) is 5.51. The van der Waals surface area contributed by atoms with Gasteiger partial charge in [-0.25, -0.2) is 9.78 Å². The summed E-state index contributed by atoms with van der Waals surface area (Å²) in [5.41, 5.74) is -0.0167. The van der Waals surface area contributed by atoms with E-state index in [-0.39, 0.29) is 11.6 Å². The molecule has 0 saturated carbocycles. The standard InChI is InChI=1S/C10H10F3NO3/c1-16-9(15)7-3-2-4-8(14-7)17-6-5-10(11,12)13/h2-4H,5-6H2,1H3. The van der Waals surface area contributed by atoms with Gasteiger partial charge in [-0.15, -0.1) is 0 Å². The molecule has 0 aliphatic rings. The second-order valence-corrected chi connectivity index (χ2v) is 3.07. The van der Waals surface area contributed by atoms with E-state index in [9.17, 15) is 18.0 Å². The predicted octanol–water partition coefficient (Wildman–Crippen LogP) is 2.20. The number of carbonyl (C=O) groups excluding carboxylic acids is 1. The molecule has 4 nitrogen and oxygen atoms in total. The Morgan fingerprint density at radius 2 is 2.12 bits per heavy atom. The van der Waals surface area contributed by atoms with Crippen LogP contribution in [-0.2, 0) is 4.74 Å². The average Bonchev–Trinajstić information content (AvgIpc) is 2.27. The quantitative estimate of drug-likeness (QED) is 0.767. The maximum absolute atomic E-state index is 11.8. The summed E-state index contributed by atoms with van der Waals surface area (Å²) in [5.74, 6) is -0.719. The fourth-order valence-electron chi connectivity index (χ4n) is 0.985. The lowest BCUT2D eigenvalue weighted by Gasteiger charge is -2.08. The van der Waals surface area contributed by atoms with Gasteiger partial charge in [-0.3, -0.25) is 0 Å². The van der Waals surface area contributed by atoms with Crippen LogP contribution in [0.2, 0.25) is 0 Å². The lowest BCUT2D eigenvalue weighted by Crippen LogP contribution is -2.14. The molecule has 0 aromatic carbocycles. The Hall–Kier alpha value is -1.79. The number of hydrogen-bond acceptors (Lipinski definition) is 4. The van der Waals surface area contributed by atoms with Gasteiger partial charge in [0.1, 0.15) is 0 Å². The van der Waals surface area contributed by atoms with Gasteiger partial charge in [0.15, 0.2) is 5.69 Å². The second-order valence-electron chi connectivity index (χ2n) is 3.07. The van der Waals surface area contributed by atoms with Crippen LogP contribution in [0.5, 0.6) is 5.88 Å². The van der Waals surface area contributed by atoms with Crippen LogP contribution >= 0.6 is 0 Å². The molecule has 0 radical (unpaired) electrons. The molecule has 1 rings (SSSR count). The maximum atomic E-state index is 11.8. The maximum Gasteiger partial charge on any atom is 0.392 e. The molecule has 0 aliphatic carbocycles. The minimum atomic E-state index is -4.28. The van der Waals surface area contributed by atoms with Gasteiger partial charge in [0, 0.05) is 6.07 Å². The third kappa shape index (κ3) is 4.71. The van der Waals surface area contributed by atoms with Crippen LogP contribution in [0.3, 0.4) is 0 Å². The van der Waals surface area contributed by atoms with Crippen molar-refractivity contribution in [1.82, 2.24) is 4.98 Å². The monoisotopic (exact) mass is 249 g/mol. The summed E-state index contributed by atoms with van der Waals surface area (Å²) in [5, 5.41) is 0. The largest absolute Gasteiger partial charge is 0.477 e. The third-order valence-corrected chi connectivity index (χ3v) is 1.75. The number of esters is 1. The van der Waals surface area contributed by atoms with E-state index in [1.807, 2.05) is 0 Å². The number of aromatic nitrogens is 1. The average molecular weight is 249 g/mol. The van der Waals surface area contributed by atoms with E-state index < -0.39 is 25.2 Å². The van der Waals surface area contributed by atoms with Crippen molar-refractivity contribution < 1.29 is 27.4 Å². The fourth-order valence-corrected chi connectivity index (χ4v) is 0.985. The Balaban J connectivity index is 2.57. The Kier molecular flexibility index (Phi) is 4.30. The van der Waals surface area contributed by atoms with Crippen molar-refractivity contribution in [3.8, 4) is 5.88 Å². The molecule has 94 valence electrons. The summed E-state index contributed by atoms with van der Waals surface area (Å²) >= 11 is 0. The molecule has 0 N–H and O–H groups in total. The zero-order valence-corrected chi connectivity index (χ0v) is 8.95. The SMILES string of the molecule is COC(=O)c1cccc(OCCC(F)(F)F)n1. The van der Waals surface area contributed by atoms with Crippen molar-refractivity contribution in [3.63, 3.8) is 0 Å². The lowest BCUT2D eigenvalue weighted by molar-refractivity contribution is -0.139. The summed E-state index contributed by atoms with van der Waals surface area (Å²) in [7, 11) is 1.18. The molecule has 7 heteroatoms. The molecule has 0 atom stereocenters. The van der Waals surface area contributed by atoms with Gasteiger partial charge >= 0.3 is 12.1 Å². The van der Waals surface area contributed by atoms with Crippen LogP contribution in [-0.4, -0.2) is 30.8 Å². The van der Waals surface area contributed by atoms with Crippen LogP contribution < -0.4 is 4.74 Å². The highest BCUT2D eigenvalue weighted by molar-refractivity contribution is 5.87. The summed E-state index contributed by atoms with van der Waals surface area (Å²) in [6.07, 6.45) is -5.35. The van der Waals surface area contributed by atoms with Crippen LogP contribution in [0, 0.1) is 0 Å². The number of ether oxygens (including phenoxy) is 2. The van der Waals surface area contributed by atoms with Crippen molar-refractivity contribution in [3.05, 3.63) is 23.9 Å². The zero-order valence-electron chi connectivity index (χ0n) is 8.95. The molecule has 0 amide bonds. The highest BCUT2D eigenvalue weighted by Gasteiger charge is 2.26. The van der Waals surface area contributed by atoms with Gasteiger partial charge in [-0.1, -0.05) is 6.07 Å². The number of rotatable bonds is 4. The molecule has 1 heterocycles. The van der Waals surface area contributed by atoms with Crippen LogP contribution in [0.1, 0.15) is 16.9 Å². The molecule has 0 fully saturated rings. The Morgan fingerprint density at radius 1 is 1.41 bits per heavy atom. The van der Waals surface area contributed by atoms with Crippen molar-refractivity contribution >= 4 is 5.97 Å². The molecule has 17 heavy (non-hydrogen) atoms. The number of alkyl halides is 3. The van der Waals surface area contributed by atoms with E-state index in [1.165, 1.54) is 25.3 Å². The number of pyridine rings is 1. The van der Waals surface area contributed by atoms with Crippen LogP contribution in [0.15, 0.2) is 18.2 Å². The van der Waals surface area contributed by atoms with Crippen molar-refractivity contribution in [2.24, 2.45) is 0 Å². The van der Waals surface area contributed by atoms with E-state index in [0.717, 1.165) is 0 Å². The predicted molar refractivity (Wildman–Crippen MR) is 51.7 cm³/mol. The third-order valence-electron chi connectivity index (χ3n) is 1.75. The molecule has 1 aromatic heterocycles. The summed E-state index contributed by atoms with van der Waals surface area (Å²) in [6.45, 7) is -0.541. The van der Waals surface area contributed by atoms with Gasteiger partial charge in [-0.2, -0.15) is 13.2 Å². The number of halogens is 3. The van der Waals surface area contributed by atoms with Gasteiger partial charge in [0.25, 0.3) is 0 Å². The van der Waals surface area contributed by atoms with E-state index >= 15 is 0 Å². The molecule has 0 aliphatic heterocycles. The van der Waals surface area contributed by atoms with E-state index in [0.29, 0.717) is 0 Å². The molecule has 0 bridgehead atoms. The Labute approximate surface area is 95.4 Å². The number of methoxy groups -OCH3 is 1. The summed E-state index contributed by atoms with van der Waals surface area (Å²) in [4.78, 5) is 14.8. The van der Waals surface area contributed by atoms with E-state index in [2.05, 4.69) is 9.72 Å². The summed E-state index contributed by atoms with van der Waals surface area (Å²) in [6, 6.07) is 4.19. The highest BCUT2D eigenvalue weighted by atomic mass is 19.4. The van der Waals surface area contributed by atoms with Gasteiger partial charge < -0.3 is 9.47 Å². The Morgan fingerprint density at radius 3 is 2.71 bits per heavy atom. The zero-order chi connectivity index (χ0) is 12.9. The fraction of sp³-hybridized carbons (Fsp3) is 0.400. The first kappa shape index (κ1) is 13.3. The summed E-state index contributed by atoms with van der Waals surface area (Å²) < 4.78 is 44.7. The molecule has 0 unspecified atom stereocenters. The minimum absolute atomic E-state index is 0.0167. The van der Waals surface area contributed by atoms with Crippen molar-refractivity contribution in [1.29, 1.82) is 0 Å². The van der Waals surface area contributed by atoms with E-state index in [1.54, 1.807) is 0 Å². The first-order chi connectivity index (χ1) is 7.92. The molecule has 0 spiro atoms. The first-order valence-electron chi connectivity index (χ1n) is 4.67. The molecule has 0 saturated heterocycles. The van der Waals surface area contributed by atoms with Gasteiger partial charge in [-0.05, 0) is 6.07 Å².